The fourth-order valence-corrected chi connectivity index (χ4v) is 3.47. The second kappa shape index (κ2) is 6.23. The molecule has 0 radical (unpaired) electrons. The van der Waals surface area contributed by atoms with Crippen LogP contribution in [-0.2, 0) is 6.54 Å². The van der Waals surface area contributed by atoms with E-state index in [-0.39, 0.29) is 0 Å². The van der Waals surface area contributed by atoms with Gasteiger partial charge >= 0.3 is 0 Å². The van der Waals surface area contributed by atoms with E-state index >= 15 is 0 Å². The van der Waals surface area contributed by atoms with Crippen LogP contribution in [-0.4, -0.2) is 29.5 Å². The Balaban J connectivity index is 1.95. The maximum atomic E-state index is 6.25. The van der Waals surface area contributed by atoms with Gasteiger partial charge in [-0.3, -0.25) is 4.98 Å². The lowest BCUT2D eigenvalue weighted by molar-refractivity contribution is 0.0322. The van der Waals surface area contributed by atoms with Crippen molar-refractivity contribution in [3.8, 4) is 0 Å². The van der Waals surface area contributed by atoms with Crippen molar-refractivity contribution in [3.63, 3.8) is 0 Å². The van der Waals surface area contributed by atoms with Crippen molar-refractivity contribution >= 4 is 0 Å². The Morgan fingerprint density at radius 1 is 1.35 bits per heavy atom. The van der Waals surface area contributed by atoms with Gasteiger partial charge in [-0.25, -0.2) is 0 Å². The average Bonchev–Trinajstić information content (AvgIpc) is 2.41. The van der Waals surface area contributed by atoms with E-state index in [2.05, 4.69) is 49.8 Å². The summed E-state index contributed by atoms with van der Waals surface area (Å²) in [5.41, 5.74) is 7.71. The number of hydrogen-bond donors (Lipinski definition) is 1. The fourth-order valence-electron chi connectivity index (χ4n) is 3.47. The molecule has 112 valence electrons. The van der Waals surface area contributed by atoms with Crippen molar-refractivity contribution in [2.45, 2.75) is 46.2 Å². The normalized spacial score (nSPS) is 29.6. The van der Waals surface area contributed by atoms with Crippen LogP contribution in [0.25, 0.3) is 0 Å². The first kappa shape index (κ1) is 15.5. The minimum absolute atomic E-state index is 0.316. The quantitative estimate of drug-likeness (QED) is 0.918. The molecular formula is C17H29N3. The first-order valence-corrected chi connectivity index (χ1v) is 7.75. The number of aromatic nitrogens is 1. The van der Waals surface area contributed by atoms with E-state index in [0.717, 1.165) is 25.2 Å². The third kappa shape index (κ3) is 3.39. The molecule has 1 saturated carbocycles. The van der Waals surface area contributed by atoms with Crippen LogP contribution in [0.5, 0.6) is 0 Å². The van der Waals surface area contributed by atoms with Crippen molar-refractivity contribution in [1.29, 1.82) is 0 Å². The average molecular weight is 275 g/mol. The van der Waals surface area contributed by atoms with E-state index in [1.165, 1.54) is 6.42 Å². The molecule has 3 nitrogen and oxygen atoms in total. The van der Waals surface area contributed by atoms with Gasteiger partial charge in [-0.05, 0) is 49.3 Å². The van der Waals surface area contributed by atoms with Crippen LogP contribution in [0.3, 0.4) is 0 Å². The molecule has 2 N–H and O–H groups in total. The highest BCUT2D eigenvalue weighted by atomic mass is 15.1. The Morgan fingerprint density at radius 3 is 2.75 bits per heavy atom. The smallest absolute Gasteiger partial charge is 0.0543 e. The van der Waals surface area contributed by atoms with Gasteiger partial charge in [0.25, 0.3) is 0 Å². The molecule has 1 aromatic heterocycles. The molecule has 1 heterocycles. The van der Waals surface area contributed by atoms with Crippen LogP contribution in [0.15, 0.2) is 24.4 Å². The van der Waals surface area contributed by atoms with Crippen LogP contribution in [0.4, 0.5) is 0 Å². The molecule has 2 rings (SSSR count). The predicted octanol–water partition coefficient (Wildman–Crippen LogP) is 2.91. The summed E-state index contributed by atoms with van der Waals surface area (Å²) in [6.07, 6.45) is 4.27. The fraction of sp³-hybridized carbons (Fsp3) is 0.706. The van der Waals surface area contributed by atoms with E-state index in [0.29, 0.717) is 23.3 Å². The van der Waals surface area contributed by atoms with Crippen molar-refractivity contribution in [2.24, 2.45) is 23.0 Å². The number of nitrogens with zero attached hydrogens (tertiary/aromatic N) is 2. The van der Waals surface area contributed by atoms with Gasteiger partial charge in [0.05, 0.1) is 5.69 Å². The summed E-state index contributed by atoms with van der Waals surface area (Å²) in [7, 11) is 2.20. The van der Waals surface area contributed by atoms with Crippen molar-refractivity contribution < 1.29 is 0 Å². The number of rotatable bonds is 4. The predicted molar refractivity (Wildman–Crippen MR) is 84.2 cm³/mol. The second-order valence-electron chi connectivity index (χ2n) is 7.07. The highest BCUT2D eigenvalue weighted by Crippen LogP contribution is 2.44. The lowest BCUT2D eigenvalue weighted by Crippen LogP contribution is -2.49. The monoisotopic (exact) mass is 275 g/mol. The summed E-state index contributed by atoms with van der Waals surface area (Å²) in [5, 5.41) is 0. The summed E-state index contributed by atoms with van der Waals surface area (Å²) in [6.45, 7) is 9.13. The van der Waals surface area contributed by atoms with E-state index < -0.39 is 0 Å². The number of nitrogens with two attached hydrogens (primary N) is 1. The maximum Gasteiger partial charge on any atom is 0.0543 e. The minimum atomic E-state index is 0.316. The van der Waals surface area contributed by atoms with Crippen LogP contribution in [0.1, 0.15) is 39.3 Å². The molecule has 0 aromatic carbocycles. The zero-order chi connectivity index (χ0) is 14.8. The first-order valence-electron chi connectivity index (χ1n) is 7.75. The Kier molecular flexibility index (Phi) is 4.82. The summed E-state index contributed by atoms with van der Waals surface area (Å²) in [5.74, 6) is 1.30. The van der Waals surface area contributed by atoms with Gasteiger partial charge in [0.1, 0.15) is 0 Å². The molecule has 1 aliphatic rings. The summed E-state index contributed by atoms with van der Waals surface area (Å²) in [6, 6.07) is 6.49. The lowest BCUT2D eigenvalue weighted by Gasteiger charge is -2.48. The van der Waals surface area contributed by atoms with Gasteiger partial charge in [0, 0.05) is 25.3 Å². The molecule has 0 saturated heterocycles. The zero-order valence-electron chi connectivity index (χ0n) is 13.3. The van der Waals surface area contributed by atoms with Crippen molar-refractivity contribution in [1.82, 2.24) is 9.88 Å². The van der Waals surface area contributed by atoms with E-state index in [1.807, 2.05) is 12.3 Å². The third-order valence-electron chi connectivity index (χ3n) is 5.41. The summed E-state index contributed by atoms with van der Waals surface area (Å²) >= 11 is 0. The second-order valence-corrected chi connectivity index (χ2v) is 7.07. The minimum Gasteiger partial charge on any atom is -0.327 e. The van der Waals surface area contributed by atoms with Crippen LogP contribution < -0.4 is 5.73 Å². The molecule has 1 aromatic rings. The highest BCUT2D eigenvalue weighted by molar-refractivity contribution is 5.03. The highest BCUT2D eigenvalue weighted by Gasteiger charge is 2.41. The lowest BCUT2D eigenvalue weighted by atomic mass is 9.61. The summed E-state index contributed by atoms with van der Waals surface area (Å²) < 4.78 is 0. The van der Waals surface area contributed by atoms with E-state index in [4.69, 9.17) is 5.73 Å². The topological polar surface area (TPSA) is 42.1 Å². The summed E-state index contributed by atoms with van der Waals surface area (Å²) in [4.78, 5) is 6.81. The molecule has 0 aliphatic heterocycles. The number of hydrogen-bond acceptors (Lipinski definition) is 3. The SMILES string of the molecule is CC1C(N)CCC(CN(C)Cc2ccccn2)C1(C)C. The number of pyridine rings is 1. The maximum absolute atomic E-state index is 6.25. The molecule has 0 bridgehead atoms. The molecule has 0 amide bonds. The van der Waals surface area contributed by atoms with Crippen molar-refractivity contribution in [2.75, 3.05) is 13.6 Å². The van der Waals surface area contributed by atoms with Gasteiger partial charge in [0.15, 0.2) is 0 Å². The Labute approximate surface area is 123 Å². The van der Waals surface area contributed by atoms with Gasteiger partial charge in [0.2, 0.25) is 0 Å². The molecule has 20 heavy (non-hydrogen) atoms. The van der Waals surface area contributed by atoms with Crippen LogP contribution in [0, 0.1) is 17.3 Å². The van der Waals surface area contributed by atoms with E-state index in [9.17, 15) is 0 Å². The first-order chi connectivity index (χ1) is 9.41. The van der Waals surface area contributed by atoms with Gasteiger partial charge in [-0.1, -0.05) is 26.8 Å². The zero-order valence-corrected chi connectivity index (χ0v) is 13.3. The standard InChI is InChI=1S/C17H29N3/c1-13-16(18)9-8-14(17(13,2)3)11-20(4)12-15-7-5-6-10-19-15/h5-7,10,13-14,16H,8-9,11-12,18H2,1-4H3. The van der Waals surface area contributed by atoms with Crippen LogP contribution in [0.2, 0.25) is 0 Å². The Bertz CT molecular complexity index is 416. The Morgan fingerprint density at radius 2 is 2.10 bits per heavy atom. The van der Waals surface area contributed by atoms with Gasteiger partial charge in [-0.15, -0.1) is 0 Å². The molecule has 3 unspecified atom stereocenters. The van der Waals surface area contributed by atoms with Gasteiger partial charge < -0.3 is 10.6 Å². The van der Waals surface area contributed by atoms with E-state index in [1.54, 1.807) is 0 Å². The molecular weight excluding hydrogens is 246 g/mol. The molecule has 0 spiro atoms. The van der Waals surface area contributed by atoms with Gasteiger partial charge in [-0.2, -0.15) is 0 Å². The molecule has 1 aliphatic carbocycles. The molecule has 1 fully saturated rings. The molecule has 3 atom stereocenters. The third-order valence-corrected chi connectivity index (χ3v) is 5.41. The molecule has 3 heteroatoms. The largest absolute Gasteiger partial charge is 0.327 e. The van der Waals surface area contributed by atoms with Crippen molar-refractivity contribution in [3.05, 3.63) is 30.1 Å². The van der Waals surface area contributed by atoms with Crippen LogP contribution >= 0.6 is 0 Å². The Hall–Kier alpha value is -0.930.